The summed E-state index contributed by atoms with van der Waals surface area (Å²) in [5.74, 6) is 0.856. The molecule has 2 nitrogen and oxygen atoms in total. The Balaban J connectivity index is 1.98. The van der Waals surface area contributed by atoms with Gasteiger partial charge >= 0.3 is 0 Å². The first-order valence-electron chi connectivity index (χ1n) is 11.6. The second kappa shape index (κ2) is 5.67. The van der Waals surface area contributed by atoms with E-state index in [1.165, 1.54) is 17.6 Å². The first-order chi connectivity index (χ1) is 13.8. The van der Waals surface area contributed by atoms with E-state index in [9.17, 15) is 9.18 Å². The van der Waals surface area contributed by atoms with Gasteiger partial charge in [0.2, 0.25) is 5.91 Å². The SMILES string of the molecule is CC1=Cc2c(C34C5CCC(C5)C3(C(N)=O)[Si](C)(C)[Si](C)(C)[Si]4(C)C)ccc(F)c2C1. The van der Waals surface area contributed by atoms with Crippen molar-refractivity contribution >= 4 is 34.3 Å². The minimum absolute atomic E-state index is 0.0122. The van der Waals surface area contributed by atoms with Crippen molar-refractivity contribution in [2.24, 2.45) is 17.6 Å². The van der Waals surface area contributed by atoms with Crippen LogP contribution in [0.1, 0.15) is 42.9 Å². The number of amides is 1. The van der Waals surface area contributed by atoms with E-state index in [1.807, 2.05) is 0 Å². The van der Waals surface area contributed by atoms with Gasteiger partial charge in [0, 0.05) is 17.2 Å². The molecule has 3 fully saturated rings. The van der Waals surface area contributed by atoms with Crippen LogP contribution in [-0.4, -0.2) is 28.2 Å². The van der Waals surface area contributed by atoms with Gasteiger partial charge in [-0.15, -0.1) is 0 Å². The van der Waals surface area contributed by atoms with Crippen molar-refractivity contribution < 1.29 is 9.18 Å². The third-order valence-corrected chi connectivity index (χ3v) is 56.3. The Labute approximate surface area is 183 Å². The van der Waals surface area contributed by atoms with Gasteiger partial charge in [-0.2, -0.15) is 0 Å². The minimum atomic E-state index is -2.01. The highest BCUT2D eigenvalue weighted by molar-refractivity contribution is 7.72. The van der Waals surface area contributed by atoms with Gasteiger partial charge in [-0.25, -0.2) is 4.39 Å². The smallest absolute Gasteiger partial charge is 0.221 e. The van der Waals surface area contributed by atoms with Gasteiger partial charge in [-0.1, -0.05) is 57.0 Å². The molecule has 6 heteroatoms. The third kappa shape index (κ3) is 1.76. The zero-order valence-corrected chi connectivity index (χ0v) is 22.6. The summed E-state index contributed by atoms with van der Waals surface area (Å²) in [4.78, 5) is 13.8. The molecule has 1 aromatic carbocycles. The molecule has 3 aliphatic carbocycles. The fourth-order valence-electron chi connectivity index (χ4n) is 9.56. The number of hydrogen-bond acceptors (Lipinski definition) is 1. The van der Waals surface area contributed by atoms with Crippen LogP contribution < -0.4 is 5.73 Å². The number of carbonyl (C=O) groups is 1. The lowest BCUT2D eigenvalue weighted by Gasteiger charge is -2.57. The van der Waals surface area contributed by atoms with E-state index >= 15 is 0 Å². The molecule has 4 aliphatic rings. The predicted octanol–water partition coefficient (Wildman–Crippen LogP) is 5.51. The average Bonchev–Trinajstić information content (AvgIpc) is 3.34. The van der Waals surface area contributed by atoms with Crippen LogP contribution in [0.15, 0.2) is 17.7 Å². The molecule has 0 spiro atoms. The molecule has 4 atom stereocenters. The molecule has 0 aromatic heterocycles. The molecule has 1 heterocycles. The normalized spacial score (nSPS) is 39.0. The zero-order chi connectivity index (χ0) is 22.1. The Hall–Kier alpha value is -0.989. The van der Waals surface area contributed by atoms with Gasteiger partial charge < -0.3 is 5.73 Å². The molecule has 2 bridgehead atoms. The van der Waals surface area contributed by atoms with Gasteiger partial charge in [0.25, 0.3) is 0 Å². The van der Waals surface area contributed by atoms with Crippen molar-refractivity contribution in [3.05, 3.63) is 40.2 Å². The lowest BCUT2D eigenvalue weighted by atomic mass is 9.71. The summed E-state index contributed by atoms with van der Waals surface area (Å²) < 4.78 is 14.9. The van der Waals surface area contributed by atoms with E-state index in [-0.39, 0.29) is 21.8 Å². The maximum absolute atomic E-state index is 14.9. The maximum Gasteiger partial charge on any atom is 0.221 e. The minimum Gasteiger partial charge on any atom is -0.369 e. The van der Waals surface area contributed by atoms with Crippen LogP contribution in [0.2, 0.25) is 44.3 Å². The number of allylic oxidation sites excluding steroid dienone is 1. The monoisotopic (exact) mass is 457 g/mol. The quantitative estimate of drug-likeness (QED) is 0.584. The van der Waals surface area contributed by atoms with E-state index in [2.05, 4.69) is 58.3 Å². The van der Waals surface area contributed by atoms with Crippen LogP contribution in [0.4, 0.5) is 4.39 Å². The van der Waals surface area contributed by atoms with E-state index in [4.69, 9.17) is 5.73 Å². The number of hydrogen-bond donors (Lipinski definition) is 1. The maximum atomic E-state index is 14.9. The summed E-state index contributed by atoms with van der Waals surface area (Å²) in [6, 6.07) is 3.80. The Kier molecular flexibility index (Phi) is 3.95. The number of carbonyl (C=O) groups excluding carboxylic acids is 1. The molecular formula is C24H36FNOSi3. The summed E-state index contributed by atoms with van der Waals surface area (Å²) in [7, 11) is -5.68. The molecule has 162 valence electrons. The summed E-state index contributed by atoms with van der Waals surface area (Å²) in [6.07, 6.45) is 6.44. The second-order valence-electron chi connectivity index (χ2n) is 12.2. The first-order valence-corrected chi connectivity index (χ1v) is 22.6. The Morgan fingerprint density at radius 2 is 1.70 bits per heavy atom. The van der Waals surface area contributed by atoms with E-state index in [0.717, 1.165) is 24.0 Å². The van der Waals surface area contributed by atoms with Gasteiger partial charge in [-0.3, -0.25) is 4.79 Å². The van der Waals surface area contributed by atoms with Crippen LogP contribution in [0.3, 0.4) is 0 Å². The van der Waals surface area contributed by atoms with Crippen molar-refractivity contribution in [1.29, 1.82) is 0 Å². The van der Waals surface area contributed by atoms with Crippen LogP contribution >= 0.6 is 0 Å². The highest BCUT2D eigenvalue weighted by Crippen LogP contribution is 2.82. The topological polar surface area (TPSA) is 43.1 Å². The first kappa shape index (κ1) is 20.9. The molecular weight excluding hydrogens is 422 g/mol. The van der Waals surface area contributed by atoms with Crippen molar-refractivity contribution in [1.82, 2.24) is 0 Å². The average molecular weight is 458 g/mol. The van der Waals surface area contributed by atoms with Crippen LogP contribution in [0.5, 0.6) is 0 Å². The number of halogens is 1. The summed E-state index contributed by atoms with van der Waals surface area (Å²) in [6.45, 7) is 17.5. The van der Waals surface area contributed by atoms with Crippen molar-refractivity contribution in [2.45, 2.75) is 82.0 Å². The highest BCUT2D eigenvalue weighted by Gasteiger charge is 2.89. The van der Waals surface area contributed by atoms with Crippen molar-refractivity contribution in [2.75, 3.05) is 0 Å². The van der Waals surface area contributed by atoms with Crippen molar-refractivity contribution in [3.8, 4) is 0 Å². The molecule has 5 rings (SSSR count). The van der Waals surface area contributed by atoms with Gasteiger partial charge in [0.1, 0.15) is 5.82 Å². The number of nitrogens with two attached hydrogens (primary N) is 1. The standard InChI is InChI=1S/C24H36FNOSi3/c1-15-12-18-19(13-15)21(25)11-10-20(18)23-16-8-9-17(14-16)24(23,22(26)27)29(4,5)30(6,7)28(23,2)3/h10-12,16-17H,8-9,13-14H2,1-7H3,(H2,26,27). The van der Waals surface area contributed by atoms with Crippen molar-refractivity contribution in [3.63, 3.8) is 0 Å². The summed E-state index contributed by atoms with van der Waals surface area (Å²) in [5.41, 5.74) is 11.1. The third-order valence-electron chi connectivity index (χ3n) is 11.3. The number of benzene rings is 1. The lowest BCUT2D eigenvalue weighted by Crippen LogP contribution is -2.69. The van der Waals surface area contributed by atoms with E-state index in [1.54, 1.807) is 6.07 Å². The fraction of sp³-hybridized carbons (Fsp3) is 0.625. The van der Waals surface area contributed by atoms with Crippen LogP contribution in [-0.2, 0) is 16.3 Å². The fourth-order valence-corrected chi connectivity index (χ4v) is 53.8. The van der Waals surface area contributed by atoms with E-state index in [0.29, 0.717) is 18.3 Å². The number of fused-ring (bicyclic) bond motifs is 6. The summed E-state index contributed by atoms with van der Waals surface area (Å²) in [5, 5.41) is -0.497. The second-order valence-corrected chi connectivity index (χ2v) is 40.0. The molecule has 2 N–H and O–H groups in total. The van der Waals surface area contributed by atoms with E-state index < -0.39 is 22.3 Å². The molecule has 1 aliphatic heterocycles. The Bertz CT molecular complexity index is 1030. The summed E-state index contributed by atoms with van der Waals surface area (Å²) >= 11 is 0. The number of primary amides is 1. The number of rotatable bonds is 2. The Morgan fingerprint density at radius 1 is 1.07 bits per heavy atom. The van der Waals surface area contributed by atoms with Gasteiger partial charge in [-0.05, 0) is 67.2 Å². The predicted molar refractivity (Wildman–Crippen MR) is 131 cm³/mol. The zero-order valence-electron chi connectivity index (χ0n) is 19.6. The van der Waals surface area contributed by atoms with Gasteiger partial charge in [0.15, 0.2) is 0 Å². The Morgan fingerprint density at radius 3 is 2.33 bits per heavy atom. The molecule has 30 heavy (non-hydrogen) atoms. The molecule has 0 radical (unpaired) electrons. The molecule has 1 amide bonds. The van der Waals surface area contributed by atoms with Crippen LogP contribution in [0, 0.1) is 17.7 Å². The largest absolute Gasteiger partial charge is 0.369 e. The van der Waals surface area contributed by atoms with Crippen LogP contribution in [0.25, 0.3) is 6.08 Å². The molecule has 1 saturated heterocycles. The highest BCUT2D eigenvalue weighted by atomic mass is 29.6. The lowest BCUT2D eigenvalue weighted by molar-refractivity contribution is -0.123. The molecule has 1 aromatic rings. The van der Waals surface area contributed by atoms with Gasteiger partial charge in [0.05, 0.1) is 15.2 Å². The molecule has 2 saturated carbocycles. The molecule has 4 unspecified atom stereocenters.